The summed E-state index contributed by atoms with van der Waals surface area (Å²) >= 11 is 6.10. The van der Waals surface area contributed by atoms with E-state index in [2.05, 4.69) is 15.2 Å². The molecule has 0 saturated carbocycles. The van der Waals surface area contributed by atoms with E-state index < -0.39 is 5.97 Å². The molecule has 1 unspecified atom stereocenters. The smallest absolute Gasteiger partial charge is 0.337 e. The summed E-state index contributed by atoms with van der Waals surface area (Å²) in [5.41, 5.74) is 2.26. The van der Waals surface area contributed by atoms with Crippen molar-refractivity contribution < 1.29 is 14.3 Å². The standard InChI is InChI=1S/C16H18ClN3O3/c1-9(11-5-7-12(8-6-11)16(22)23-4)18-15(21)13-10(2)19-20(3)14(13)17/h5-9H,1-4H3,(H,18,21). The van der Waals surface area contributed by atoms with Crippen molar-refractivity contribution in [2.75, 3.05) is 7.11 Å². The van der Waals surface area contributed by atoms with E-state index in [9.17, 15) is 9.59 Å². The molecular weight excluding hydrogens is 318 g/mol. The number of carbonyl (C=O) groups is 2. The minimum absolute atomic E-state index is 0.245. The molecular formula is C16H18ClN3O3. The van der Waals surface area contributed by atoms with Crippen LogP contribution in [0.3, 0.4) is 0 Å². The second-order valence-corrected chi connectivity index (χ2v) is 5.54. The minimum atomic E-state index is -0.397. The van der Waals surface area contributed by atoms with Gasteiger partial charge in [-0.3, -0.25) is 9.48 Å². The number of amides is 1. The summed E-state index contributed by atoms with van der Waals surface area (Å²) in [6.07, 6.45) is 0. The maximum atomic E-state index is 12.4. The molecule has 0 aliphatic carbocycles. The Labute approximate surface area is 139 Å². The van der Waals surface area contributed by atoms with Crippen molar-refractivity contribution in [3.63, 3.8) is 0 Å². The molecule has 0 bridgehead atoms. The Morgan fingerprint density at radius 2 is 1.91 bits per heavy atom. The Morgan fingerprint density at radius 3 is 2.39 bits per heavy atom. The number of nitrogens with zero attached hydrogens (tertiary/aromatic N) is 2. The van der Waals surface area contributed by atoms with Crippen LogP contribution in [0.4, 0.5) is 0 Å². The number of aromatic nitrogens is 2. The van der Waals surface area contributed by atoms with Gasteiger partial charge < -0.3 is 10.1 Å². The van der Waals surface area contributed by atoms with Gasteiger partial charge in [0.1, 0.15) is 5.15 Å². The molecule has 1 amide bonds. The third-order valence-corrected chi connectivity index (χ3v) is 3.99. The van der Waals surface area contributed by atoms with Crippen molar-refractivity contribution in [1.29, 1.82) is 0 Å². The summed E-state index contributed by atoms with van der Waals surface area (Å²) in [7, 11) is 3.01. The number of nitrogens with one attached hydrogen (secondary N) is 1. The van der Waals surface area contributed by atoms with Crippen LogP contribution >= 0.6 is 11.6 Å². The molecule has 0 aliphatic rings. The van der Waals surface area contributed by atoms with E-state index in [-0.39, 0.29) is 11.9 Å². The molecule has 1 N–H and O–H groups in total. The zero-order valence-corrected chi connectivity index (χ0v) is 14.1. The van der Waals surface area contributed by atoms with E-state index >= 15 is 0 Å². The van der Waals surface area contributed by atoms with Gasteiger partial charge in [-0.15, -0.1) is 0 Å². The van der Waals surface area contributed by atoms with Crippen LogP contribution in [0.2, 0.25) is 5.15 Å². The van der Waals surface area contributed by atoms with Gasteiger partial charge in [0.05, 0.1) is 30.0 Å². The van der Waals surface area contributed by atoms with Crippen LogP contribution in [-0.2, 0) is 11.8 Å². The lowest BCUT2D eigenvalue weighted by atomic mass is 10.1. The fourth-order valence-corrected chi connectivity index (χ4v) is 2.53. The molecule has 2 aromatic rings. The van der Waals surface area contributed by atoms with Gasteiger partial charge in [-0.2, -0.15) is 5.10 Å². The first-order chi connectivity index (χ1) is 10.8. The quantitative estimate of drug-likeness (QED) is 0.872. The van der Waals surface area contributed by atoms with Gasteiger partial charge in [0.15, 0.2) is 0 Å². The SMILES string of the molecule is COC(=O)c1ccc(C(C)NC(=O)c2c(C)nn(C)c2Cl)cc1. The maximum Gasteiger partial charge on any atom is 0.337 e. The van der Waals surface area contributed by atoms with Crippen molar-refractivity contribution in [3.8, 4) is 0 Å². The Kier molecular flexibility index (Phi) is 5.05. The molecule has 2 rings (SSSR count). The monoisotopic (exact) mass is 335 g/mol. The predicted octanol–water partition coefficient (Wildman–Crippen LogP) is 2.66. The zero-order chi connectivity index (χ0) is 17.1. The molecule has 23 heavy (non-hydrogen) atoms. The number of ether oxygens (including phenoxy) is 1. The van der Waals surface area contributed by atoms with Crippen molar-refractivity contribution in [1.82, 2.24) is 15.1 Å². The van der Waals surface area contributed by atoms with Crippen LogP contribution in [0.5, 0.6) is 0 Å². The summed E-state index contributed by atoms with van der Waals surface area (Å²) in [6, 6.07) is 6.62. The Bertz CT molecular complexity index is 738. The normalized spacial score (nSPS) is 11.9. The van der Waals surface area contributed by atoms with E-state index in [1.165, 1.54) is 11.8 Å². The Balaban J connectivity index is 2.13. The fraction of sp³-hybridized carbons (Fsp3) is 0.312. The summed E-state index contributed by atoms with van der Waals surface area (Å²) < 4.78 is 6.12. The van der Waals surface area contributed by atoms with E-state index in [0.717, 1.165) is 5.56 Å². The highest BCUT2D eigenvalue weighted by molar-refractivity contribution is 6.33. The number of rotatable bonds is 4. The van der Waals surface area contributed by atoms with Crippen molar-refractivity contribution >= 4 is 23.5 Å². The van der Waals surface area contributed by atoms with Gasteiger partial charge in [-0.25, -0.2) is 4.79 Å². The van der Waals surface area contributed by atoms with E-state index in [4.69, 9.17) is 11.6 Å². The summed E-state index contributed by atoms with van der Waals surface area (Å²) in [6.45, 7) is 3.58. The Morgan fingerprint density at radius 1 is 1.30 bits per heavy atom. The Hall–Kier alpha value is -2.34. The molecule has 6 nitrogen and oxygen atoms in total. The van der Waals surface area contributed by atoms with E-state index in [1.807, 2.05) is 6.92 Å². The van der Waals surface area contributed by atoms with Gasteiger partial charge in [-0.1, -0.05) is 23.7 Å². The average Bonchev–Trinajstić information content (AvgIpc) is 2.79. The number of aryl methyl sites for hydroxylation is 2. The molecule has 0 radical (unpaired) electrons. The molecule has 0 spiro atoms. The van der Waals surface area contributed by atoms with Gasteiger partial charge >= 0.3 is 5.97 Å². The molecule has 0 fully saturated rings. The molecule has 7 heteroatoms. The molecule has 0 saturated heterocycles. The predicted molar refractivity (Wildman–Crippen MR) is 86.6 cm³/mol. The lowest BCUT2D eigenvalue weighted by Crippen LogP contribution is -2.27. The lowest BCUT2D eigenvalue weighted by molar-refractivity contribution is 0.0600. The van der Waals surface area contributed by atoms with Crippen LogP contribution < -0.4 is 5.32 Å². The third-order valence-electron chi connectivity index (χ3n) is 3.56. The van der Waals surface area contributed by atoms with Gasteiger partial charge in [-0.05, 0) is 31.5 Å². The number of hydrogen-bond acceptors (Lipinski definition) is 4. The molecule has 1 atom stereocenters. The molecule has 1 heterocycles. The van der Waals surface area contributed by atoms with E-state index in [0.29, 0.717) is 22.0 Å². The fourth-order valence-electron chi connectivity index (χ4n) is 2.27. The second-order valence-electron chi connectivity index (χ2n) is 5.18. The van der Waals surface area contributed by atoms with Crippen LogP contribution in [-0.4, -0.2) is 28.8 Å². The number of hydrogen-bond donors (Lipinski definition) is 1. The summed E-state index contributed by atoms with van der Waals surface area (Å²) in [5.74, 6) is -0.684. The lowest BCUT2D eigenvalue weighted by Gasteiger charge is -2.14. The van der Waals surface area contributed by atoms with Gasteiger partial charge in [0.25, 0.3) is 5.91 Å². The third kappa shape index (κ3) is 3.53. The first-order valence-corrected chi connectivity index (χ1v) is 7.41. The molecule has 122 valence electrons. The van der Waals surface area contributed by atoms with Crippen LogP contribution in [0, 0.1) is 6.92 Å². The van der Waals surface area contributed by atoms with E-state index in [1.54, 1.807) is 38.2 Å². The topological polar surface area (TPSA) is 73.2 Å². The highest BCUT2D eigenvalue weighted by Crippen LogP contribution is 2.20. The second kappa shape index (κ2) is 6.83. The highest BCUT2D eigenvalue weighted by Gasteiger charge is 2.20. The number of benzene rings is 1. The van der Waals surface area contributed by atoms with Crippen molar-refractivity contribution in [2.24, 2.45) is 7.05 Å². The molecule has 1 aromatic heterocycles. The first kappa shape index (κ1) is 17.0. The van der Waals surface area contributed by atoms with Gasteiger partial charge in [0.2, 0.25) is 0 Å². The van der Waals surface area contributed by atoms with Gasteiger partial charge in [0, 0.05) is 7.05 Å². The van der Waals surface area contributed by atoms with Crippen LogP contribution in [0.1, 0.15) is 44.9 Å². The van der Waals surface area contributed by atoms with Crippen molar-refractivity contribution in [3.05, 3.63) is 51.8 Å². The maximum absolute atomic E-state index is 12.4. The minimum Gasteiger partial charge on any atom is -0.465 e. The number of esters is 1. The summed E-state index contributed by atoms with van der Waals surface area (Å²) in [4.78, 5) is 23.8. The number of carbonyl (C=O) groups excluding carboxylic acids is 2. The highest BCUT2D eigenvalue weighted by atomic mass is 35.5. The largest absolute Gasteiger partial charge is 0.465 e. The number of methoxy groups -OCH3 is 1. The number of halogens is 1. The molecule has 0 aliphatic heterocycles. The summed E-state index contributed by atoms with van der Waals surface area (Å²) in [5, 5.41) is 7.30. The first-order valence-electron chi connectivity index (χ1n) is 7.03. The zero-order valence-electron chi connectivity index (χ0n) is 13.4. The van der Waals surface area contributed by atoms with Crippen molar-refractivity contribution in [2.45, 2.75) is 19.9 Å². The average molecular weight is 336 g/mol. The molecule has 1 aromatic carbocycles. The van der Waals surface area contributed by atoms with Crippen LogP contribution in [0.15, 0.2) is 24.3 Å². The van der Waals surface area contributed by atoms with Crippen LogP contribution in [0.25, 0.3) is 0 Å².